The lowest BCUT2D eigenvalue weighted by Gasteiger charge is -2.08. The maximum Gasteiger partial charge on any atom is 0.252 e. The number of nitrogen functional groups attached to an aromatic ring is 1. The van der Waals surface area contributed by atoms with Gasteiger partial charge in [-0.3, -0.25) is 4.79 Å². The van der Waals surface area contributed by atoms with Crippen LogP contribution in [-0.2, 0) is 6.54 Å². The molecule has 0 spiro atoms. The fraction of sp³-hybridized carbons (Fsp3) is 0.286. The van der Waals surface area contributed by atoms with E-state index < -0.39 is 0 Å². The average molecular weight is 293 g/mol. The molecule has 2 rings (SSSR count). The number of hydrogen-bond acceptors (Lipinski definition) is 3. The van der Waals surface area contributed by atoms with E-state index in [2.05, 4.69) is 10.3 Å². The van der Waals surface area contributed by atoms with Crippen molar-refractivity contribution in [2.24, 2.45) is 0 Å². The molecule has 6 heteroatoms. The minimum Gasteiger partial charge on any atom is -0.398 e. The molecular weight excluding hydrogens is 276 g/mol. The third-order valence-corrected chi connectivity index (χ3v) is 3.38. The highest BCUT2D eigenvalue weighted by molar-refractivity contribution is 6.36. The Bertz CT molecular complexity index is 569. The van der Waals surface area contributed by atoms with Crippen LogP contribution in [0.25, 0.3) is 0 Å². The fourth-order valence-electron chi connectivity index (χ4n) is 1.86. The van der Waals surface area contributed by atoms with Crippen LogP contribution in [0.2, 0.25) is 5.02 Å². The lowest BCUT2D eigenvalue weighted by Crippen LogP contribution is -2.25. The summed E-state index contributed by atoms with van der Waals surface area (Å²) in [6, 6.07) is 5.05. The molecule has 106 valence electrons. The molecule has 0 atom stereocenters. The summed E-state index contributed by atoms with van der Waals surface area (Å²) in [5.74, 6) is -0.190. The molecule has 1 aromatic heterocycles. The van der Waals surface area contributed by atoms with Gasteiger partial charge in [-0.1, -0.05) is 17.7 Å². The number of anilines is 1. The second kappa shape index (κ2) is 6.96. The van der Waals surface area contributed by atoms with Crippen LogP contribution >= 0.6 is 11.6 Å². The van der Waals surface area contributed by atoms with Crippen molar-refractivity contribution in [1.82, 2.24) is 14.9 Å². The molecule has 0 unspecified atom stereocenters. The van der Waals surface area contributed by atoms with E-state index in [1.807, 2.05) is 10.8 Å². The summed E-state index contributed by atoms with van der Waals surface area (Å²) in [6.45, 7) is 1.51. The molecule has 0 radical (unpaired) electrons. The Labute approximate surface area is 122 Å². The first-order valence-electron chi connectivity index (χ1n) is 6.46. The number of hydrogen-bond donors (Lipinski definition) is 2. The quantitative estimate of drug-likeness (QED) is 0.634. The van der Waals surface area contributed by atoms with Gasteiger partial charge in [0.2, 0.25) is 0 Å². The average Bonchev–Trinajstić information content (AvgIpc) is 2.94. The molecule has 0 fully saturated rings. The van der Waals surface area contributed by atoms with E-state index in [0.29, 0.717) is 22.8 Å². The van der Waals surface area contributed by atoms with E-state index in [1.54, 1.807) is 30.7 Å². The molecule has 3 N–H and O–H groups in total. The normalized spacial score (nSPS) is 10.4. The molecule has 0 bridgehead atoms. The smallest absolute Gasteiger partial charge is 0.252 e. The van der Waals surface area contributed by atoms with Crippen LogP contribution in [0.15, 0.2) is 36.9 Å². The third-order valence-electron chi connectivity index (χ3n) is 2.96. The van der Waals surface area contributed by atoms with Crippen LogP contribution < -0.4 is 11.1 Å². The Hall–Kier alpha value is -2.01. The van der Waals surface area contributed by atoms with Crippen molar-refractivity contribution in [3.05, 3.63) is 47.5 Å². The van der Waals surface area contributed by atoms with E-state index in [-0.39, 0.29) is 5.91 Å². The van der Waals surface area contributed by atoms with Crippen LogP contribution in [-0.4, -0.2) is 22.0 Å². The number of benzene rings is 1. The zero-order valence-electron chi connectivity index (χ0n) is 11.1. The van der Waals surface area contributed by atoms with Crippen LogP contribution in [0.4, 0.5) is 5.69 Å². The number of aryl methyl sites for hydroxylation is 1. The first-order chi connectivity index (χ1) is 9.68. The van der Waals surface area contributed by atoms with Gasteiger partial charge in [-0.15, -0.1) is 0 Å². The molecule has 2 aromatic rings. The van der Waals surface area contributed by atoms with Crippen molar-refractivity contribution in [3.63, 3.8) is 0 Å². The number of carbonyl (C=O) groups excluding carboxylic acids is 1. The summed E-state index contributed by atoms with van der Waals surface area (Å²) < 4.78 is 2.01. The first kappa shape index (κ1) is 14.4. The van der Waals surface area contributed by atoms with Crippen molar-refractivity contribution in [2.45, 2.75) is 19.4 Å². The Morgan fingerprint density at radius 1 is 1.40 bits per heavy atom. The number of nitrogens with zero attached hydrogens (tertiary/aromatic N) is 2. The van der Waals surface area contributed by atoms with E-state index >= 15 is 0 Å². The fourth-order valence-corrected chi connectivity index (χ4v) is 2.07. The Morgan fingerprint density at radius 2 is 2.25 bits per heavy atom. The maximum atomic E-state index is 11.9. The second-order valence-electron chi connectivity index (χ2n) is 4.47. The molecular formula is C14H17ClN4O. The third kappa shape index (κ3) is 3.74. The van der Waals surface area contributed by atoms with Gasteiger partial charge in [0.1, 0.15) is 0 Å². The molecule has 5 nitrogen and oxygen atoms in total. The van der Waals surface area contributed by atoms with Crippen LogP contribution in [0.1, 0.15) is 23.2 Å². The molecule has 0 saturated heterocycles. The first-order valence-corrected chi connectivity index (χ1v) is 6.84. The minimum absolute atomic E-state index is 0.190. The number of imidazole rings is 1. The highest BCUT2D eigenvalue weighted by Crippen LogP contribution is 2.22. The van der Waals surface area contributed by atoms with Gasteiger partial charge in [-0.25, -0.2) is 4.98 Å². The van der Waals surface area contributed by atoms with Crippen molar-refractivity contribution >= 4 is 23.2 Å². The summed E-state index contributed by atoms with van der Waals surface area (Å²) in [5, 5.41) is 3.15. The zero-order valence-corrected chi connectivity index (χ0v) is 11.8. The van der Waals surface area contributed by atoms with Gasteiger partial charge >= 0.3 is 0 Å². The molecule has 1 amide bonds. The lowest BCUT2D eigenvalue weighted by molar-refractivity contribution is 0.0953. The zero-order chi connectivity index (χ0) is 14.4. The van der Waals surface area contributed by atoms with Crippen molar-refractivity contribution in [3.8, 4) is 0 Å². The van der Waals surface area contributed by atoms with Gasteiger partial charge in [0.15, 0.2) is 0 Å². The van der Waals surface area contributed by atoms with Gasteiger partial charge in [-0.2, -0.15) is 0 Å². The number of nitrogens with two attached hydrogens (primary N) is 1. The number of carbonyl (C=O) groups is 1. The molecule has 0 aliphatic heterocycles. The van der Waals surface area contributed by atoms with E-state index in [9.17, 15) is 4.79 Å². The summed E-state index contributed by atoms with van der Waals surface area (Å²) in [4.78, 5) is 15.9. The Balaban J connectivity index is 1.74. The Kier molecular flexibility index (Phi) is 5.01. The van der Waals surface area contributed by atoms with Gasteiger partial charge in [0, 0.05) is 25.5 Å². The molecule has 0 aliphatic rings. The number of rotatable bonds is 6. The molecule has 1 heterocycles. The summed E-state index contributed by atoms with van der Waals surface area (Å²) in [7, 11) is 0. The lowest BCUT2D eigenvalue weighted by atomic mass is 10.2. The molecule has 0 saturated carbocycles. The molecule has 1 aromatic carbocycles. The van der Waals surface area contributed by atoms with E-state index in [4.69, 9.17) is 17.3 Å². The van der Waals surface area contributed by atoms with Crippen LogP contribution in [0.5, 0.6) is 0 Å². The predicted molar refractivity (Wildman–Crippen MR) is 79.7 cm³/mol. The number of unbranched alkanes of at least 4 members (excludes halogenated alkanes) is 1. The number of aromatic nitrogens is 2. The largest absolute Gasteiger partial charge is 0.398 e. The van der Waals surface area contributed by atoms with E-state index in [0.717, 1.165) is 19.4 Å². The molecule has 0 aliphatic carbocycles. The molecule has 20 heavy (non-hydrogen) atoms. The van der Waals surface area contributed by atoms with E-state index in [1.165, 1.54) is 0 Å². The monoisotopic (exact) mass is 292 g/mol. The topological polar surface area (TPSA) is 72.9 Å². The number of amides is 1. The highest BCUT2D eigenvalue weighted by Gasteiger charge is 2.11. The Morgan fingerprint density at radius 3 is 3.00 bits per heavy atom. The van der Waals surface area contributed by atoms with Gasteiger partial charge in [-0.05, 0) is 25.0 Å². The minimum atomic E-state index is -0.190. The summed E-state index contributed by atoms with van der Waals surface area (Å²) >= 11 is 6.00. The standard InChI is InChI=1S/C14H17ClN4O/c15-13-11(4-3-5-12(13)16)14(20)18-6-1-2-8-19-9-7-17-10-19/h3-5,7,9-10H,1-2,6,8,16H2,(H,18,20). The number of nitrogens with one attached hydrogen (secondary N) is 1. The number of halogens is 1. The van der Waals surface area contributed by atoms with Crippen LogP contribution in [0.3, 0.4) is 0 Å². The van der Waals surface area contributed by atoms with Crippen molar-refractivity contribution < 1.29 is 4.79 Å². The maximum absolute atomic E-state index is 11.9. The van der Waals surface area contributed by atoms with Gasteiger partial charge in [0.05, 0.1) is 22.6 Å². The van der Waals surface area contributed by atoms with Crippen molar-refractivity contribution in [1.29, 1.82) is 0 Å². The van der Waals surface area contributed by atoms with Gasteiger partial charge < -0.3 is 15.6 Å². The summed E-state index contributed by atoms with van der Waals surface area (Å²) in [5.41, 5.74) is 6.50. The SMILES string of the molecule is Nc1cccc(C(=O)NCCCCn2ccnc2)c1Cl. The highest BCUT2D eigenvalue weighted by atomic mass is 35.5. The van der Waals surface area contributed by atoms with Gasteiger partial charge in [0.25, 0.3) is 5.91 Å². The van der Waals surface area contributed by atoms with Crippen molar-refractivity contribution in [2.75, 3.05) is 12.3 Å². The predicted octanol–water partition coefficient (Wildman–Crippen LogP) is 2.33. The van der Waals surface area contributed by atoms with Crippen LogP contribution in [0, 0.1) is 0 Å². The summed E-state index contributed by atoms with van der Waals surface area (Å²) in [6.07, 6.45) is 7.32. The second-order valence-corrected chi connectivity index (χ2v) is 4.85.